The average Bonchev–Trinajstić information content (AvgIpc) is 2.50. The van der Waals surface area contributed by atoms with Gasteiger partial charge >= 0.3 is 0 Å². The summed E-state index contributed by atoms with van der Waals surface area (Å²) >= 11 is 0. The molecular weight excluding hydrogens is 190 g/mol. The Balaban J connectivity index is 1.97. The van der Waals surface area contributed by atoms with Gasteiger partial charge in [0.2, 0.25) is 0 Å². The van der Waals surface area contributed by atoms with Gasteiger partial charge in [0.15, 0.2) is 0 Å². The molecule has 84 valence electrons. The fourth-order valence-electron chi connectivity index (χ4n) is 2.25. The summed E-state index contributed by atoms with van der Waals surface area (Å²) in [6, 6.07) is 2.50. The van der Waals surface area contributed by atoms with Crippen LogP contribution in [0.4, 0.5) is 5.82 Å². The van der Waals surface area contributed by atoms with Crippen molar-refractivity contribution in [1.29, 1.82) is 0 Å². The van der Waals surface area contributed by atoms with Crippen molar-refractivity contribution in [2.75, 3.05) is 5.32 Å². The van der Waals surface area contributed by atoms with Crippen molar-refractivity contribution in [1.82, 2.24) is 9.78 Å². The van der Waals surface area contributed by atoms with Gasteiger partial charge in [0.25, 0.3) is 0 Å². The molecule has 0 amide bonds. The predicted octanol–water partition coefficient (Wildman–Crippen LogP) is 1.79. The zero-order chi connectivity index (χ0) is 10.8. The van der Waals surface area contributed by atoms with Crippen LogP contribution in [0.3, 0.4) is 0 Å². The van der Waals surface area contributed by atoms with Crippen LogP contribution in [-0.2, 0) is 11.8 Å². The van der Waals surface area contributed by atoms with E-state index in [0.29, 0.717) is 18.2 Å². The molecule has 2 rings (SSSR count). The summed E-state index contributed by atoms with van der Waals surface area (Å²) in [7, 11) is 1.95. The van der Waals surface area contributed by atoms with E-state index < -0.39 is 0 Å². The molecule has 1 saturated heterocycles. The minimum atomic E-state index is 0.347. The van der Waals surface area contributed by atoms with E-state index in [9.17, 15) is 0 Å². The fourth-order valence-corrected chi connectivity index (χ4v) is 2.25. The topological polar surface area (TPSA) is 39.1 Å². The molecule has 1 aliphatic rings. The van der Waals surface area contributed by atoms with E-state index in [4.69, 9.17) is 4.74 Å². The first kappa shape index (κ1) is 10.5. The highest BCUT2D eigenvalue weighted by Crippen LogP contribution is 2.22. The normalized spacial score (nSPS) is 31.5. The smallest absolute Gasteiger partial charge is 0.124 e. The molecule has 0 aromatic carbocycles. The Bertz CT molecular complexity index is 313. The van der Waals surface area contributed by atoms with Crippen LogP contribution in [0, 0.1) is 0 Å². The Labute approximate surface area is 90.6 Å². The lowest BCUT2D eigenvalue weighted by Crippen LogP contribution is -2.37. The van der Waals surface area contributed by atoms with Gasteiger partial charge in [0.05, 0.1) is 18.4 Å². The van der Waals surface area contributed by atoms with E-state index in [1.165, 1.54) is 0 Å². The van der Waals surface area contributed by atoms with E-state index >= 15 is 0 Å². The molecule has 1 N–H and O–H groups in total. The van der Waals surface area contributed by atoms with Crippen LogP contribution in [0.25, 0.3) is 0 Å². The maximum Gasteiger partial charge on any atom is 0.124 e. The molecule has 0 aliphatic carbocycles. The zero-order valence-electron chi connectivity index (χ0n) is 9.60. The Morgan fingerprint density at radius 3 is 2.60 bits per heavy atom. The zero-order valence-corrected chi connectivity index (χ0v) is 9.60. The minimum Gasteiger partial charge on any atom is -0.375 e. The molecule has 2 atom stereocenters. The van der Waals surface area contributed by atoms with Crippen molar-refractivity contribution in [2.24, 2.45) is 7.05 Å². The van der Waals surface area contributed by atoms with E-state index in [1.54, 1.807) is 0 Å². The maximum atomic E-state index is 5.70. The van der Waals surface area contributed by atoms with Gasteiger partial charge in [0.1, 0.15) is 5.82 Å². The largest absolute Gasteiger partial charge is 0.375 e. The molecule has 1 aromatic rings. The van der Waals surface area contributed by atoms with Crippen LogP contribution in [0.1, 0.15) is 26.7 Å². The van der Waals surface area contributed by atoms with E-state index in [-0.39, 0.29) is 0 Å². The van der Waals surface area contributed by atoms with Crippen LogP contribution in [-0.4, -0.2) is 28.0 Å². The second kappa shape index (κ2) is 4.23. The quantitative estimate of drug-likeness (QED) is 0.807. The lowest BCUT2D eigenvalue weighted by molar-refractivity contribution is -0.0338. The fraction of sp³-hybridized carbons (Fsp3) is 0.727. The molecule has 1 fully saturated rings. The summed E-state index contributed by atoms with van der Waals surface area (Å²) < 4.78 is 7.57. The first-order chi connectivity index (χ1) is 7.15. The Morgan fingerprint density at radius 2 is 2.07 bits per heavy atom. The number of hydrogen-bond acceptors (Lipinski definition) is 3. The number of rotatable bonds is 2. The van der Waals surface area contributed by atoms with Gasteiger partial charge < -0.3 is 10.1 Å². The lowest BCUT2D eigenvalue weighted by atomic mass is 10.00. The van der Waals surface area contributed by atoms with E-state index in [0.717, 1.165) is 18.7 Å². The van der Waals surface area contributed by atoms with Gasteiger partial charge in [-0.25, -0.2) is 0 Å². The van der Waals surface area contributed by atoms with Crippen LogP contribution in [0.15, 0.2) is 12.3 Å². The maximum absolute atomic E-state index is 5.70. The van der Waals surface area contributed by atoms with Gasteiger partial charge in [-0.2, -0.15) is 5.10 Å². The summed E-state index contributed by atoms with van der Waals surface area (Å²) in [4.78, 5) is 0. The molecule has 0 bridgehead atoms. The van der Waals surface area contributed by atoms with E-state index in [1.807, 2.05) is 24.0 Å². The van der Waals surface area contributed by atoms with Crippen molar-refractivity contribution < 1.29 is 4.74 Å². The molecule has 0 radical (unpaired) electrons. The summed E-state index contributed by atoms with van der Waals surface area (Å²) in [5.41, 5.74) is 0. The number of hydrogen-bond donors (Lipinski definition) is 1. The monoisotopic (exact) mass is 209 g/mol. The number of ether oxygens (including phenoxy) is 1. The molecule has 2 unspecified atom stereocenters. The molecular formula is C11H19N3O. The van der Waals surface area contributed by atoms with Gasteiger partial charge in [-0.15, -0.1) is 0 Å². The van der Waals surface area contributed by atoms with Gasteiger partial charge in [-0.3, -0.25) is 4.68 Å². The third-order valence-electron chi connectivity index (χ3n) is 2.87. The molecule has 15 heavy (non-hydrogen) atoms. The molecule has 2 heterocycles. The third kappa shape index (κ3) is 2.50. The second-order valence-corrected chi connectivity index (χ2v) is 4.41. The highest BCUT2D eigenvalue weighted by molar-refractivity contribution is 5.34. The number of anilines is 1. The summed E-state index contributed by atoms with van der Waals surface area (Å²) in [6.07, 6.45) is 4.64. The van der Waals surface area contributed by atoms with Crippen LogP contribution in [0.2, 0.25) is 0 Å². The number of aryl methyl sites for hydroxylation is 1. The van der Waals surface area contributed by atoms with Gasteiger partial charge in [0, 0.05) is 19.2 Å². The Morgan fingerprint density at radius 1 is 1.40 bits per heavy atom. The molecule has 4 heteroatoms. The van der Waals surface area contributed by atoms with Crippen molar-refractivity contribution in [2.45, 2.75) is 44.9 Å². The van der Waals surface area contributed by atoms with E-state index in [2.05, 4.69) is 24.3 Å². The summed E-state index contributed by atoms with van der Waals surface area (Å²) in [5, 5.41) is 7.65. The Hall–Kier alpha value is -1.03. The van der Waals surface area contributed by atoms with Crippen LogP contribution < -0.4 is 5.32 Å². The SMILES string of the molecule is CC1CC(Nc2ccnn2C)CC(C)O1. The molecule has 1 aromatic heterocycles. The third-order valence-corrected chi connectivity index (χ3v) is 2.87. The van der Waals surface area contributed by atoms with Crippen molar-refractivity contribution in [3.8, 4) is 0 Å². The standard InChI is InChI=1S/C11H19N3O/c1-8-6-10(7-9(2)15-8)13-11-4-5-12-14(11)3/h4-5,8-10,13H,6-7H2,1-3H3. The lowest BCUT2D eigenvalue weighted by Gasteiger charge is -2.32. The van der Waals surface area contributed by atoms with Crippen molar-refractivity contribution in [3.63, 3.8) is 0 Å². The van der Waals surface area contributed by atoms with Crippen molar-refractivity contribution in [3.05, 3.63) is 12.3 Å². The van der Waals surface area contributed by atoms with Crippen molar-refractivity contribution >= 4 is 5.82 Å². The molecule has 0 saturated carbocycles. The minimum absolute atomic E-state index is 0.347. The Kier molecular flexibility index (Phi) is 2.95. The van der Waals surface area contributed by atoms with Gasteiger partial charge in [-0.1, -0.05) is 0 Å². The summed E-state index contributed by atoms with van der Waals surface area (Å²) in [6.45, 7) is 4.27. The highest BCUT2D eigenvalue weighted by atomic mass is 16.5. The average molecular weight is 209 g/mol. The van der Waals surface area contributed by atoms with Gasteiger partial charge in [-0.05, 0) is 26.7 Å². The number of nitrogens with one attached hydrogen (secondary N) is 1. The molecule has 1 aliphatic heterocycles. The predicted molar refractivity (Wildman–Crippen MR) is 59.9 cm³/mol. The number of nitrogens with zero attached hydrogens (tertiary/aromatic N) is 2. The first-order valence-electron chi connectivity index (χ1n) is 5.55. The molecule has 4 nitrogen and oxygen atoms in total. The first-order valence-corrected chi connectivity index (χ1v) is 5.55. The highest BCUT2D eigenvalue weighted by Gasteiger charge is 2.24. The van der Waals surface area contributed by atoms with Crippen LogP contribution >= 0.6 is 0 Å². The van der Waals surface area contributed by atoms with Crippen LogP contribution in [0.5, 0.6) is 0 Å². The second-order valence-electron chi connectivity index (χ2n) is 4.41. The number of aromatic nitrogens is 2. The summed E-state index contributed by atoms with van der Waals surface area (Å²) in [5.74, 6) is 1.08. The molecule has 0 spiro atoms.